The summed E-state index contributed by atoms with van der Waals surface area (Å²) in [4.78, 5) is 2.40. The molecule has 3 nitrogen and oxygen atoms in total. The van der Waals surface area contributed by atoms with Gasteiger partial charge in [0.15, 0.2) is 0 Å². The van der Waals surface area contributed by atoms with E-state index in [9.17, 15) is 0 Å². The number of likely N-dealkylation sites (N-methyl/N-ethyl adjacent to an activating group) is 1. The molecule has 2 N–H and O–H groups in total. The lowest BCUT2D eigenvalue weighted by atomic mass is 9.94. The molecule has 0 spiro atoms. The molecule has 0 atom stereocenters. The van der Waals surface area contributed by atoms with Gasteiger partial charge in [0.2, 0.25) is 0 Å². The molecule has 0 heterocycles. The monoisotopic (exact) mass is 214 g/mol. The van der Waals surface area contributed by atoms with Crippen molar-refractivity contribution < 1.29 is 4.74 Å². The van der Waals surface area contributed by atoms with Gasteiger partial charge in [0.05, 0.1) is 12.7 Å². The molecule has 1 saturated carbocycles. The summed E-state index contributed by atoms with van der Waals surface area (Å²) in [5, 5.41) is 0. The maximum atomic E-state index is 5.87. The first-order valence-corrected chi connectivity index (χ1v) is 6.35. The number of hydrogen-bond acceptors (Lipinski definition) is 3. The van der Waals surface area contributed by atoms with Crippen molar-refractivity contribution in [3.8, 4) is 0 Å². The lowest BCUT2D eigenvalue weighted by Gasteiger charge is -2.27. The maximum Gasteiger partial charge on any atom is 0.0597 e. The van der Waals surface area contributed by atoms with Crippen molar-refractivity contribution in [1.82, 2.24) is 4.90 Å². The van der Waals surface area contributed by atoms with E-state index in [0.717, 1.165) is 51.9 Å². The Bertz CT molecular complexity index is 152. The molecule has 0 aliphatic heterocycles. The van der Waals surface area contributed by atoms with E-state index in [0.29, 0.717) is 12.1 Å². The van der Waals surface area contributed by atoms with E-state index in [4.69, 9.17) is 10.5 Å². The van der Waals surface area contributed by atoms with Crippen LogP contribution in [0.1, 0.15) is 39.5 Å². The van der Waals surface area contributed by atoms with Crippen LogP contribution >= 0.6 is 0 Å². The summed E-state index contributed by atoms with van der Waals surface area (Å²) in [6.45, 7) is 8.58. The van der Waals surface area contributed by atoms with Gasteiger partial charge in [-0.1, -0.05) is 13.8 Å². The van der Waals surface area contributed by atoms with Crippen molar-refractivity contribution in [2.45, 2.75) is 51.7 Å². The van der Waals surface area contributed by atoms with Crippen LogP contribution < -0.4 is 5.73 Å². The number of hydrogen-bond donors (Lipinski definition) is 1. The van der Waals surface area contributed by atoms with Crippen LogP contribution in [0.15, 0.2) is 0 Å². The van der Waals surface area contributed by atoms with Gasteiger partial charge in [-0.15, -0.1) is 0 Å². The molecule has 1 aliphatic carbocycles. The van der Waals surface area contributed by atoms with Crippen LogP contribution in [-0.2, 0) is 4.74 Å². The fourth-order valence-corrected chi connectivity index (χ4v) is 2.14. The number of nitrogens with two attached hydrogens (primary N) is 1. The molecule has 0 saturated heterocycles. The Kier molecular flexibility index (Phi) is 6.22. The molecule has 0 unspecified atom stereocenters. The summed E-state index contributed by atoms with van der Waals surface area (Å²) in [6, 6.07) is 0.424. The van der Waals surface area contributed by atoms with E-state index in [2.05, 4.69) is 18.7 Å². The summed E-state index contributed by atoms with van der Waals surface area (Å²) in [5.41, 5.74) is 5.85. The molecule has 1 rings (SSSR count). The van der Waals surface area contributed by atoms with Crippen LogP contribution in [0.25, 0.3) is 0 Å². The van der Waals surface area contributed by atoms with E-state index in [1.807, 2.05) is 0 Å². The van der Waals surface area contributed by atoms with E-state index in [1.165, 1.54) is 0 Å². The third-order valence-corrected chi connectivity index (χ3v) is 3.37. The third kappa shape index (κ3) is 4.96. The minimum atomic E-state index is 0.424. The van der Waals surface area contributed by atoms with Gasteiger partial charge in [-0.3, -0.25) is 0 Å². The summed E-state index contributed by atoms with van der Waals surface area (Å²) in [6.07, 6.45) is 5.05. The molecule has 0 amide bonds. The van der Waals surface area contributed by atoms with Crippen LogP contribution in [-0.4, -0.2) is 43.3 Å². The zero-order chi connectivity index (χ0) is 11.1. The zero-order valence-corrected chi connectivity index (χ0v) is 10.2. The molecule has 0 aromatic heterocycles. The van der Waals surface area contributed by atoms with Gasteiger partial charge in [-0.05, 0) is 38.8 Å². The van der Waals surface area contributed by atoms with Gasteiger partial charge >= 0.3 is 0 Å². The van der Waals surface area contributed by atoms with Gasteiger partial charge in [0.25, 0.3) is 0 Å². The summed E-state index contributed by atoms with van der Waals surface area (Å²) in [5.74, 6) is 0. The molecule has 0 bridgehead atoms. The largest absolute Gasteiger partial charge is 0.377 e. The van der Waals surface area contributed by atoms with Crippen LogP contribution in [0.4, 0.5) is 0 Å². The molecule has 15 heavy (non-hydrogen) atoms. The van der Waals surface area contributed by atoms with E-state index >= 15 is 0 Å². The van der Waals surface area contributed by atoms with Gasteiger partial charge in [0, 0.05) is 12.6 Å². The van der Waals surface area contributed by atoms with Crippen molar-refractivity contribution in [1.29, 1.82) is 0 Å². The highest BCUT2D eigenvalue weighted by atomic mass is 16.5. The van der Waals surface area contributed by atoms with E-state index in [1.54, 1.807) is 0 Å². The Hall–Kier alpha value is -0.120. The number of rotatable bonds is 6. The van der Waals surface area contributed by atoms with Crippen LogP contribution in [0.2, 0.25) is 0 Å². The first-order valence-electron chi connectivity index (χ1n) is 6.35. The average molecular weight is 214 g/mol. The lowest BCUT2D eigenvalue weighted by molar-refractivity contribution is 0.0145. The van der Waals surface area contributed by atoms with Gasteiger partial charge in [-0.2, -0.15) is 0 Å². The molecular weight excluding hydrogens is 188 g/mol. The van der Waals surface area contributed by atoms with Crippen molar-refractivity contribution >= 4 is 0 Å². The second-order valence-electron chi connectivity index (χ2n) is 4.43. The molecule has 1 fully saturated rings. The fraction of sp³-hybridized carbons (Fsp3) is 1.00. The molecule has 90 valence electrons. The predicted molar refractivity (Wildman–Crippen MR) is 64.0 cm³/mol. The van der Waals surface area contributed by atoms with Crippen molar-refractivity contribution in [3.05, 3.63) is 0 Å². The fourth-order valence-electron chi connectivity index (χ4n) is 2.14. The van der Waals surface area contributed by atoms with Crippen LogP contribution in [0.5, 0.6) is 0 Å². The lowest BCUT2D eigenvalue weighted by Crippen LogP contribution is -2.33. The predicted octanol–water partition coefficient (Wildman–Crippen LogP) is 1.61. The second kappa shape index (κ2) is 7.20. The molecule has 3 heteroatoms. The zero-order valence-electron chi connectivity index (χ0n) is 10.2. The second-order valence-corrected chi connectivity index (χ2v) is 4.43. The van der Waals surface area contributed by atoms with Crippen molar-refractivity contribution in [2.75, 3.05) is 26.2 Å². The standard InChI is InChI=1S/C12H26N2O/c1-3-14(4-2)9-10-15-12-7-5-11(13)6-8-12/h11-12H,3-10,13H2,1-2H3. The first kappa shape index (κ1) is 12.9. The van der Waals surface area contributed by atoms with Crippen molar-refractivity contribution in [3.63, 3.8) is 0 Å². The molecular formula is C12H26N2O. The Morgan fingerprint density at radius 3 is 2.27 bits per heavy atom. The normalized spacial score (nSPS) is 27.2. The van der Waals surface area contributed by atoms with Crippen LogP contribution in [0, 0.1) is 0 Å². The van der Waals surface area contributed by atoms with Crippen LogP contribution in [0.3, 0.4) is 0 Å². The highest BCUT2D eigenvalue weighted by Crippen LogP contribution is 2.19. The summed E-state index contributed by atoms with van der Waals surface area (Å²) >= 11 is 0. The summed E-state index contributed by atoms with van der Waals surface area (Å²) < 4.78 is 5.87. The molecule has 1 aliphatic rings. The highest BCUT2D eigenvalue weighted by molar-refractivity contribution is 4.74. The SMILES string of the molecule is CCN(CC)CCOC1CCC(N)CC1. The highest BCUT2D eigenvalue weighted by Gasteiger charge is 2.18. The van der Waals surface area contributed by atoms with Gasteiger partial charge < -0.3 is 15.4 Å². The third-order valence-electron chi connectivity index (χ3n) is 3.37. The van der Waals surface area contributed by atoms with E-state index < -0.39 is 0 Å². The number of ether oxygens (including phenoxy) is 1. The van der Waals surface area contributed by atoms with E-state index in [-0.39, 0.29) is 0 Å². The molecule has 0 aromatic carbocycles. The Balaban J connectivity index is 2.04. The maximum absolute atomic E-state index is 5.87. The number of nitrogens with zero attached hydrogens (tertiary/aromatic N) is 1. The van der Waals surface area contributed by atoms with Gasteiger partial charge in [-0.25, -0.2) is 0 Å². The minimum Gasteiger partial charge on any atom is -0.377 e. The summed E-state index contributed by atoms with van der Waals surface area (Å²) in [7, 11) is 0. The minimum absolute atomic E-state index is 0.424. The topological polar surface area (TPSA) is 38.5 Å². The average Bonchev–Trinajstić information content (AvgIpc) is 2.27. The first-order chi connectivity index (χ1) is 7.26. The smallest absolute Gasteiger partial charge is 0.0597 e. The quantitative estimate of drug-likeness (QED) is 0.730. The molecule has 0 radical (unpaired) electrons. The van der Waals surface area contributed by atoms with Gasteiger partial charge in [0.1, 0.15) is 0 Å². The Morgan fingerprint density at radius 1 is 1.13 bits per heavy atom. The molecule has 0 aromatic rings. The Labute approximate surface area is 94.0 Å². The Morgan fingerprint density at radius 2 is 1.73 bits per heavy atom. The van der Waals surface area contributed by atoms with Crippen molar-refractivity contribution in [2.24, 2.45) is 5.73 Å².